The van der Waals surface area contributed by atoms with Crippen molar-refractivity contribution in [1.82, 2.24) is 0 Å². The molecule has 0 bridgehead atoms. The van der Waals surface area contributed by atoms with Crippen LogP contribution in [0.25, 0.3) is 0 Å². The highest BCUT2D eigenvalue weighted by atomic mass is 16.6. The summed E-state index contributed by atoms with van der Waals surface area (Å²) in [6, 6.07) is 0. The molecule has 0 saturated carbocycles. The first-order valence-electron chi connectivity index (χ1n) is 28.5. The van der Waals surface area contributed by atoms with Crippen molar-refractivity contribution in [1.29, 1.82) is 0 Å². The van der Waals surface area contributed by atoms with Crippen molar-refractivity contribution in [2.24, 2.45) is 0 Å². The van der Waals surface area contributed by atoms with Gasteiger partial charge in [0.2, 0.25) is 0 Å². The SMILES string of the molecule is CCCCC/C=C\C/C=C\CCCCCCCC(=O)OC(COC(=O)CCCCCCC)COC(=O)CCCCCCCCCCCCCCCCC/C=C\CCCCCCCCCC. The van der Waals surface area contributed by atoms with E-state index in [1.807, 2.05) is 0 Å². The zero-order chi connectivity index (χ0) is 47.2. The number of rotatable bonds is 52. The molecule has 0 rings (SSSR count). The molecule has 0 aliphatic carbocycles. The molecule has 0 heterocycles. The summed E-state index contributed by atoms with van der Waals surface area (Å²) in [6.07, 6.45) is 64.8. The van der Waals surface area contributed by atoms with Crippen LogP contribution in [0.1, 0.15) is 303 Å². The third kappa shape index (κ3) is 52.5. The van der Waals surface area contributed by atoms with Gasteiger partial charge < -0.3 is 14.2 Å². The fourth-order valence-electron chi connectivity index (χ4n) is 8.29. The number of carbonyl (C=O) groups is 3. The number of carbonyl (C=O) groups excluding carboxylic acids is 3. The van der Waals surface area contributed by atoms with E-state index in [9.17, 15) is 14.4 Å². The zero-order valence-electron chi connectivity index (χ0n) is 43.5. The smallest absolute Gasteiger partial charge is 0.306 e. The predicted octanol–water partition coefficient (Wildman–Crippen LogP) is 18.9. The molecule has 0 aromatic heterocycles. The lowest BCUT2D eigenvalue weighted by Gasteiger charge is -2.18. The van der Waals surface area contributed by atoms with Crippen molar-refractivity contribution in [2.45, 2.75) is 309 Å². The van der Waals surface area contributed by atoms with E-state index in [0.717, 1.165) is 89.9 Å². The minimum Gasteiger partial charge on any atom is -0.462 e. The summed E-state index contributed by atoms with van der Waals surface area (Å²) in [5.41, 5.74) is 0. The van der Waals surface area contributed by atoms with Gasteiger partial charge in [0.25, 0.3) is 0 Å². The van der Waals surface area contributed by atoms with Crippen LogP contribution in [0.2, 0.25) is 0 Å². The van der Waals surface area contributed by atoms with Gasteiger partial charge in [0.15, 0.2) is 6.10 Å². The molecule has 6 nitrogen and oxygen atoms in total. The highest BCUT2D eigenvalue weighted by molar-refractivity contribution is 5.71. The maximum absolute atomic E-state index is 12.7. The zero-order valence-corrected chi connectivity index (χ0v) is 43.5. The summed E-state index contributed by atoms with van der Waals surface area (Å²) in [5, 5.41) is 0. The Balaban J connectivity index is 4.00. The Bertz CT molecular complexity index is 1090. The molecule has 0 saturated heterocycles. The molecule has 0 aliphatic heterocycles. The summed E-state index contributed by atoms with van der Waals surface area (Å²) in [6.45, 7) is 6.54. The molecule has 0 radical (unpaired) electrons. The van der Waals surface area contributed by atoms with Gasteiger partial charge in [-0.15, -0.1) is 0 Å². The Kier molecular flexibility index (Phi) is 52.3. The van der Waals surface area contributed by atoms with Crippen molar-refractivity contribution in [3.63, 3.8) is 0 Å². The Hall–Kier alpha value is -2.37. The normalized spacial score (nSPS) is 12.2. The summed E-state index contributed by atoms with van der Waals surface area (Å²) in [7, 11) is 0. The van der Waals surface area contributed by atoms with E-state index < -0.39 is 6.10 Å². The van der Waals surface area contributed by atoms with Crippen LogP contribution >= 0.6 is 0 Å². The predicted molar refractivity (Wildman–Crippen MR) is 279 cm³/mol. The van der Waals surface area contributed by atoms with Crippen LogP contribution in [0.5, 0.6) is 0 Å². The molecule has 0 spiro atoms. The minimum absolute atomic E-state index is 0.0756. The fourth-order valence-corrected chi connectivity index (χ4v) is 8.29. The molecular formula is C59H108O6. The van der Waals surface area contributed by atoms with E-state index in [-0.39, 0.29) is 31.1 Å². The van der Waals surface area contributed by atoms with Crippen molar-refractivity contribution >= 4 is 17.9 Å². The van der Waals surface area contributed by atoms with Gasteiger partial charge in [-0.25, -0.2) is 0 Å². The lowest BCUT2D eigenvalue weighted by Crippen LogP contribution is -2.30. The summed E-state index contributed by atoms with van der Waals surface area (Å²) >= 11 is 0. The average molecular weight is 914 g/mol. The van der Waals surface area contributed by atoms with Crippen LogP contribution in [0.3, 0.4) is 0 Å². The van der Waals surface area contributed by atoms with Crippen LogP contribution in [-0.2, 0) is 28.6 Å². The van der Waals surface area contributed by atoms with E-state index in [2.05, 4.69) is 57.2 Å². The summed E-state index contributed by atoms with van der Waals surface area (Å²) in [5.74, 6) is -0.892. The fraction of sp³-hybridized carbons (Fsp3) is 0.847. The van der Waals surface area contributed by atoms with Crippen LogP contribution in [-0.4, -0.2) is 37.2 Å². The van der Waals surface area contributed by atoms with Crippen molar-refractivity contribution in [3.8, 4) is 0 Å². The number of hydrogen-bond acceptors (Lipinski definition) is 6. The first-order chi connectivity index (χ1) is 32.0. The molecule has 0 aromatic carbocycles. The molecule has 0 fully saturated rings. The van der Waals surface area contributed by atoms with Crippen LogP contribution in [0.4, 0.5) is 0 Å². The van der Waals surface area contributed by atoms with Crippen molar-refractivity contribution < 1.29 is 28.6 Å². The molecule has 0 aliphatic rings. The Morgan fingerprint density at radius 2 is 0.554 bits per heavy atom. The van der Waals surface area contributed by atoms with Gasteiger partial charge in [0.1, 0.15) is 13.2 Å². The second-order valence-corrected chi connectivity index (χ2v) is 19.2. The molecule has 0 aromatic rings. The highest BCUT2D eigenvalue weighted by Gasteiger charge is 2.19. The Morgan fingerprint density at radius 3 is 0.892 bits per heavy atom. The molecule has 6 heteroatoms. The van der Waals surface area contributed by atoms with E-state index in [4.69, 9.17) is 14.2 Å². The van der Waals surface area contributed by atoms with Gasteiger partial charge in [-0.05, 0) is 77.0 Å². The number of unbranched alkanes of at least 4 members (excludes halogenated alkanes) is 35. The first-order valence-corrected chi connectivity index (χ1v) is 28.5. The standard InChI is InChI=1S/C59H108O6/c1-4-7-10-13-15-17-19-21-23-24-25-26-27-28-29-30-31-32-33-34-36-37-39-41-43-46-49-52-58(61)64-55-56(54-63-57(60)51-48-45-12-9-6-3)65-59(62)53-50-47-44-42-40-38-35-22-20-18-16-14-11-8-5-2/h16,18,22,24-25,35,56H,4-15,17,19-21,23,26-34,36-55H2,1-3H3/b18-16-,25-24-,35-22-. The highest BCUT2D eigenvalue weighted by Crippen LogP contribution is 2.16. The van der Waals surface area contributed by atoms with Gasteiger partial charge in [-0.2, -0.15) is 0 Å². The monoisotopic (exact) mass is 913 g/mol. The molecule has 0 N–H and O–H groups in total. The molecule has 1 atom stereocenters. The van der Waals surface area contributed by atoms with E-state index in [0.29, 0.717) is 19.3 Å². The lowest BCUT2D eigenvalue weighted by atomic mass is 10.0. The second-order valence-electron chi connectivity index (χ2n) is 19.2. The average Bonchev–Trinajstić information content (AvgIpc) is 3.30. The van der Waals surface area contributed by atoms with Crippen LogP contribution < -0.4 is 0 Å². The van der Waals surface area contributed by atoms with Gasteiger partial charge in [-0.3, -0.25) is 14.4 Å². The number of allylic oxidation sites excluding steroid dienone is 6. The number of hydrogen-bond donors (Lipinski definition) is 0. The van der Waals surface area contributed by atoms with E-state index in [1.165, 1.54) is 173 Å². The van der Waals surface area contributed by atoms with Gasteiger partial charge in [-0.1, -0.05) is 243 Å². The van der Waals surface area contributed by atoms with Gasteiger partial charge in [0.05, 0.1) is 0 Å². The summed E-state index contributed by atoms with van der Waals surface area (Å²) < 4.78 is 16.7. The largest absolute Gasteiger partial charge is 0.462 e. The van der Waals surface area contributed by atoms with Crippen LogP contribution in [0.15, 0.2) is 36.5 Å². The summed E-state index contributed by atoms with van der Waals surface area (Å²) in [4.78, 5) is 37.7. The minimum atomic E-state index is -0.773. The van der Waals surface area contributed by atoms with Crippen LogP contribution in [0, 0.1) is 0 Å². The van der Waals surface area contributed by atoms with Gasteiger partial charge >= 0.3 is 17.9 Å². The number of ether oxygens (including phenoxy) is 3. The van der Waals surface area contributed by atoms with Crippen molar-refractivity contribution in [3.05, 3.63) is 36.5 Å². The van der Waals surface area contributed by atoms with E-state index >= 15 is 0 Å². The van der Waals surface area contributed by atoms with Crippen molar-refractivity contribution in [2.75, 3.05) is 13.2 Å². The van der Waals surface area contributed by atoms with E-state index in [1.54, 1.807) is 0 Å². The maximum atomic E-state index is 12.7. The topological polar surface area (TPSA) is 78.9 Å². The molecule has 1 unspecified atom stereocenters. The third-order valence-electron chi connectivity index (χ3n) is 12.6. The quantitative estimate of drug-likeness (QED) is 0.0262. The van der Waals surface area contributed by atoms with Gasteiger partial charge in [0, 0.05) is 19.3 Å². The molecular weight excluding hydrogens is 805 g/mol. The molecule has 65 heavy (non-hydrogen) atoms. The lowest BCUT2D eigenvalue weighted by molar-refractivity contribution is -0.167. The third-order valence-corrected chi connectivity index (χ3v) is 12.6. The maximum Gasteiger partial charge on any atom is 0.306 e. The Morgan fingerprint density at radius 1 is 0.308 bits per heavy atom. The first kappa shape index (κ1) is 62.6. The number of esters is 3. The molecule has 0 amide bonds. The second kappa shape index (κ2) is 54.2. The molecule has 380 valence electrons. The Labute approximate surface area is 404 Å².